The van der Waals surface area contributed by atoms with Gasteiger partial charge in [0, 0.05) is 18.6 Å². The molecule has 68 valence electrons. The predicted molar refractivity (Wildman–Crippen MR) is 51.1 cm³/mol. The van der Waals surface area contributed by atoms with Gasteiger partial charge in [-0.2, -0.15) is 10.4 Å². The summed E-state index contributed by atoms with van der Waals surface area (Å²) in [6.45, 7) is 0. The second-order valence-electron chi connectivity index (χ2n) is 2.56. The normalized spacial score (nSPS) is 9.71. The summed E-state index contributed by atoms with van der Waals surface area (Å²) >= 11 is 5.77. The fourth-order valence-corrected chi connectivity index (χ4v) is 1.33. The molecule has 4 nitrogen and oxygen atoms in total. The minimum absolute atomic E-state index is 0.195. The summed E-state index contributed by atoms with van der Waals surface area (Å²) in [6, 6.07) is 5.46. The first kappa shape index (κ1) is 8.73. The summed E-state index contributed by atoms with van der Waals surface area (Å²) in [7, 11) is 0. The van der Waals surface area contributed by atoms with Crippen molar-refractivity contribution in [2.45, 2.75) is 0 Å². The number of nitrogens with zero attached hydrogens (tertiary/aromatic N) is 4. The third-order valence-electron chi connectivity index (χ3n) is 1.75. The molecule has 2 aromatic rings. The first-order chi connectivity index (χ1) is 6.83. The highest BCUT2D eigenvalue weighted by molar-refractivity contribution is 6.30. The lowest BCUT2D eigenvalue weighted by atomic mass is 10.2. The van der Waals surface area contributed by atoms with Crippen molar-refractivity contribution in [1.82, 2.24) is 14.8 Å². The highest BCUT2D eigenvalue weighted by atomic mass is 35.5. The maximum Gasteiger partial charge on any atom is 0.148 e. The van der Waals surface area contributed by atoms with Crippen LogP contribution in [0.3, 0.4) is 0 Å². The lowest BCUT2D eigenvalue weighted by Gasteiger charge is -2.03. The molecule has 0 aromatic carbocycles. The van der Waals surface area contributed by atoms with Gasteiger partial charge in [0.1, 0.15) is 16.8 Å². The molecule has 0 aliphatic carbocycles. The van der Waals surface area contributed by atoms with Crippen LogP contribution in [0.5, 0.6) is 0 Å². The van der Waals surface area contributed by atoms with Crippen LogP contribution in [0, 0.1) is 11.3 Å². The molecule has 2 heterocycles. The highest BCUT2D eigenvalue weighted by Crippen LogP contribution is 2.18. The second-order valence-corrected chi connectivity index (χ2v) is 2.92. The molecule has 0 radical (unpaired) electrons. The van der Waals surface area contributed by atoms with E-state index in [-0.39, 0.29) is 5.15 Å². The van der Waals surface area contributed by atoms with Crippen LogP contribution >= 0.6 is 11.6 Å². The zero-order valence-electron chi connectivity index (χ0n) is 7.05. The van der Waals surface area contributed by atoms with E-state index in [1.165, 1.54) is 0 Å². The minimum atomic E-state index is 0.195. The third kappa shape index (κ3) is 1.34. The van der Waals surface area contributed by atoms with Crippen molar-refractivity contribution in [3.63, 3.8) is 0 Å². The average Bonchev–Trinajstić information content (AvgIpc) is 2.70. The summed E-state index contributed by atoms with van der Waals surface area (Å²) in [5.41, 5.74) is 0.968. The van der Waals surface area contributed by atoms with Gasteiger partial charge < -0.3 is 0 Å². The topological polar surface area (TPSA) is 54.5 Å². The fourth-order valence-electron chi connectivity index (χ4n) is 1.13. The summed E-state index contributed by atoms with van der Waals surface area (Å²) in [4.78, 5) is 3.82. The maximum absolute atomic E-state index is 8.88. The van der Waals surface area contributed by atoms with Crippen molar-refractivity contribution in [3.05, 3.63) is 41.4 Å². The molecule has 2 rings (SSSR count). The van der Waals surface area contributed by atoms with Crippen molar-refractivity contribution in [3.8, 4) is 11.8 Å². The lowest BCUT2D eigenvalue weighted by Crippen LogP contribution is -1.99. The van der Waals surface area contributed by atoms with E-state index < -0.39 is 0 Å². The molecule has 0 unspecified atom stereocenters. The number of rotatable bonds is 1. The van der Waals surface area contributed by atoms with E-state index >= 15 is 0 Å². The second kappa shape index (κ2) is 3.48. The molecule has 0 aliphatic rings. The van der Waals surface area contributed by atoms with Crippen molar-refractivity contribution < 1.29 is 0 Å². The van der Waals surface area contributed by atoms with Gasteiger partial charge in [0.25, 0.3) is 0 Å². The Labute approximate surface area is 85.4 Å². The number of hydrogen-bond acceptors (Lipinski definition) is 3. The largest absolute Gasteiger partial charge is 0.243 e. The van der Waals surface area contributed by atoms with Gasteiger partial charge in [0.05, 0.1) is 5.69 Å². The molecular weight excluding hydrogens is 200 g/mol. The van der Waals surface area contributed by atoms with Crippen LogP contribution in [0.2, 0.25) is 5.15 Å². The van der Waals surface area contributed by atoms with E-state index in [0.29, 0.717) is 11.3 Å². The number of aromatic nitrogens is 3. The molecule has 0 N–H and O–H groups in total. The molecular formula is C9H5ClN4. The standard InChI is InChI=1S/C9H5ClN4/c10-9-7(6-11)8(2-4-12-9)14-5-1-3-13-14/h1-5H. The Kier molecular flexibility index (Phi) is 2.17. The third-order valence-corrected chi connectivity index (χ3v) is 2.03. The van der Waals surface area contributed by atoms with Gasteiger partial charge >= 0.3 is 0 Å². The van der Waals surface area contributed by atoms with Crippen LogP contribution in [0.1, 0.15) is 5.56 Å². The quantitative estimate of drug-likeness (QED) is 0.666. The van der Waals surface area contributed by atoms with Gasteiger partial charge in [0.2, 0.25) is 0 Å². The van der Waals surface area contributed by atoms with Crippen LogP contribution < -0.4 is 0 Å². The van der Waals surface area contributed by atoms with E-state index in [4.69, 9.17) is 16.9 Å². The van der Waals surface area contributed by atoms with Crippen LogP contribution in [0.4, 0.5) is 0 Å². The lowest BCUT2D eigenvalue weighted by molar-refractivity contribution is 0.874. The Bertz CT molecular complexity index is 484. The Morgan fingerprint density at radius 3 is 2.93 bits per heavy atom. The molecule has 0 spiro atoms. The summed E-state index contributed by atoms with van der Waals surface area (Å²) < 4.78 is 1.58. The average molecular weight is 205 g/mol. The maximum atomic E-state index is 8.88. The van der Waals surface area contributed by atoms with Crippen LogP contribution in [0.25, 0.3) is 5.69 Å². The van der Waals surface area contributed by atoms with E-state index in [2.05, 4.69) is 10.1 Å². The van der Waals surface area contributed by atoms with Crippen LogP contribution in [-0.4, -0.2) is 14.8 Å². The van der Waals surface area contributed by atoms with Crippen LogP contribution in [0.15, 0.2) is 30.7 Å². The van der Waals surface area contributed by atoms with Crippen molar-refractivity contribution in [2.75, 3.05) is 0 Å². The number of nitriles is 1. The monoisotopic (exact) mass is 204 g/mol. The van der Waals surface area contributed by atoms with Gasteiger partial charge in [-0.05, 0) is 12.1 Å². The Morgan fingerprint density at radius 1 is 1.43 bits per heavy atom. The van der Waals surface area contributed by atoms with Gasteiger partial charge in [-0.3, -0.25) is 0 Å². The Balaban J connectivity index is 2.66. The smallest absolute Gasteiger partial charge is 0.148 e. The molecule has 0 saturated carbocycles. The van der Waals surface area contributed by atoms with Gasteiger partial charge in [0.15, 0.2) is 0 Å². The Morgan fingerprint density at radius 2 is 2.29 bits per heavy atom. The number of pyridine rings is 1. The number of hydrogen-bond donors (Lipinski definition) is 0. The van der Waals surface area contributed by atoms with Crippen molar-refractivity contribution in [2.24, 2.45) is 0 Å². The van der Waals surface area contributed by atoms with E-state index in [1.807, 2.05) is 6.07 Å². The summed E-state index contributed by atoms with van der Waals surface area (Å²) in [6.07, 6.45) is 4.92. The zero-order valence-corrected chi connectivity index (χ0v) is 7.81. The van der Waals surface area contributed by atoms with Gasteiger partial charge in [-0.1, -0.05) is 11.6 Å². The molecule has 0 bridgehead atoms. The first-order valence-corrected chi connectivity index (χ1v) is 4.25. The number of halogens is 1. The van der Waals surface area contributed by atoms with Crippen molar-refractivity contribution in [1.29, 1.82) is 5.26 Å². The van der Waals surface area contributed by atoms with Crippen molar-refractivity contribution >= 4 is 11.6 Å². The highest BCUT2D eigenvalue weighted by Gasteiger charge is 2.08. The molecule has 0 amide bonds. The first-order valence-electron chi connectivity index (χ1n) is 3.87. The van der Waals surface area contributed by atoms with Gasteiger partial charge in [-0.25, -0.2) is 9.67 Å². The summed E-state index contributed by atoms with van der Waals surface area (Å²) in [5, 5.41) is 13.1. The summed E-state index contributed by atoms with van der Waals surface area (Å²) in [5.74, 6) is 0. The van der Waals surface area contributed by atoms with Gasteiger partial charge in [-0.15, -0.1) is 0 Å². The van der Waals surface area contributed by atoms with E-state index in [0.717, 1.165) is 0 Å². The van der Waals surface area contributed by atoms with Crippen LogP contribution in [-0.2, 0) is 0 Å². The molecule has 14 heavy (non-hydrogen) atoms. The predicted octanol–water partition coefficient (Wildman–Crippen LogP) is 1.79. The molecule has 0 atom stereocenters. The molecule has 0 fully saturated rings. The fraction of sp³-hybridized carbons (Fsp3) is 0. The van der Waals surface area contributed by atoms with E-state index in [1.54, 1.807) is 35.4 Å². The van der Waals surface area contributed by atoms with E-state index in [9.17, 15) is 0 Å². The molecule has 0 saturated heterocycles. The molecule has 2 aromatic heterocycles. The zero-order chi connectivity index (χ0) is 9.97. The Hall–Kier alpha value is -1.86. The minimum Gasteiger partial charge on any atom is -0.243 e. The SMILES string of the molecule is N#Cc1c(-n2cccn2)ccnc1Cl. The molecule has 0 aliphatic heterocycles. The molecule has 5 heteroatoms.